The zero-order valence-corrected chi connectivity index (χ0v) is 21.5. The number of hydrogen-bond donors (Lipinski definition) is 2. The Morgan fingerprint density at radius 3 is 2.89 bits per heavy atom. The summed E-state index contributed by atoms with van der Waals surface area (Å²) < 4.78 is 13.4. The molecule has 2 N–H and O–H groups in total. The predicted octanol–water partition coefficient (Wildman–Crippen LogP) is 2.67. The van der Waals surface area contributed by atoms with Crippen LogP contribution in [-0.2, 0) is 11.8 Å². The van der Waals surface area contributed by atoms with Crippen molar-refractivity contribution in [2.75, 3.05) is 45.4 Å². The second-order valence-corrected chi connectivity index (χ2v) is 9.35. The van der Waals surface area contributed by atoms with Crippen LogP contribution < -0.4 is 15.0 Å². The summed E-state index contributed by atoms with van der Waals surface area (Å²) >= 11 is 0. The monoisotopic (exact) mass is 503 g/mol. The molecule has 4 heterocycles. The quantitative estimate of drug-likeness (QED) is 0.356. The molecule has 0 bridgehead atoms. The fourth-order valence-electron chi connectivity index (χ4n) is 4.68. The first-order valence-electron chi connectivity index (χ1n) is 12.5. The number of aliphatic hydroxyl groups excluding tert-OH is 1. The Hall–Kier alpha value is -3.60. The van der Waals surface area contributed by atoms with Crippen molar-refractivity contribution >= 4 is 16.9 Å². The normalized spacial score (nSPS) is 15.1. The number of hydrogen-bond acceptors (Lipinski definition) is 9. The van der Waals surface area contributed by atoms with Gasteiger partial charge < -0.3 is 29.4 Å². The van der Waals surface area contributed by atoms with Crippen molar-refractivity contribution in [3.8, 4) is 28.4 Å². The van der Waals surface area contributed by atoms with E-state index in [1.807, 2.05) is 54.3 Å². The minimum absolute atomic E-state index is 0.193. The first-order chi connectivity index (χ1) is 18.0. The van der Waals surface area contributed by atoms with Crippen LogP contribution in [0.25, 0.3) is 33.7 Å². The van der Waals surface area contributed by atoms with Gasteiger partial charge >= 0.3 is 0 Å². The van der Waals surface area contributed by atoms with Gasteiger partial charge in [0.05, 0.1) is 5.69 Å². The van der Waals surface area contributed by atoms with Crippen LogP contribution in [-0.4, -0.2) is 82.2 Å². The van der Waals surface area contributed by atoms with E-state index in [-0.39, 0.29) is 6.61 Å². The molecule has 0 saturated carbocycles. The molecule has 3 aromatic heterocycles. The molecule has 5 rings (SSSR count). The van der Waals surface area contributed by atoms with Crippen LogP contribution in [0.15, 0.2) is 49.1 Å². The van der Waals surface area contributed by atoms with Crippen molar-refractivity contribution in [1.29, 1.82) is 0 Å². The highest BCUT2D eigenvalue weighted by Gasteiger charge is 2.22. The molecular weight excluding hydrogens is 470 g/mol. The Kier molecular flexibility index (Phi) is 7.59. The van der Waals surface area contributed by atoms with Crippen molar-refractivity contribution in [2.24, 2.45) is 7.05 Å². The van der Waals surface area contributed by atoms with Crippen LogP contribution >= 0.6 is 0 Å². The minimum atomic E-state index is -0.596. The average Bonchev–Trinajstić information content (AvgIpc) is 3.28. The molecule has 1 unspecified atom stereocenters. The van der Waals surface area contributed by atoms with Gasteiger partial charge in [-0.25, -0.2) is 19.9 Å². The Morgan fingerprint density at radius 1 is 1.24 bits per heavy atom. The maximum atomic E-state index is 10.0. The summed E-state index contributed by atoms with van der Waals surface area (Å²) in [4.78, 5) is 20.9. The Morgan fingerprint density at radius 2 is 2.08 bits per heavy atom. The molecular formula is C27H33N7O3. The summed E-state index contributed by atoms with van der Waals surface area (Å²) in [5, 5.41) is 13.9. The maximum absolute atomic E-state index is 10.0. The van der Waals surface area contributed by atoms with Crippen LogP contribution in [0.4, 0.5) is 5.82 Å². The van der Waals surface area contributed by atoms with Gasteiger partial charge in [0.2, 0.25) is 0 Å². The number of anilines is 1. The van der Waals surface area contributed by atoms with E-state index in [1.165, 1.54) is 0 Å². The highest BCUT2D eigenvalue weighted by Crippen LogP contribution is 2.33. The van der Waals surface area contributed by atoms with Gasteiger partial charge in [-0.2, -0.15) is 0 Å². The maximum Gasteiger partial charge on any atom is 0.162 e. The van der Waals surface area contributed by atoms with E-state index >= 15 is 0 Å². The average molecular weight is 504 g/mol. The largest absolute Gasteiger partial charge is 0.491 e. The lowest BCUT2D eigenvalue weighted by Gasteiger charge is -2.32. The van der Waals surface area contributed by atoms with Gasteiger partial charge in [-0.15, -0.1) is 0 Å². The van der Waals surface area contributed by atoms with Gasteiger partial charge in [-0.1, -0.05) is 12.1 Å². The van der Waals surface area contributed by atoms with Crippen LogP contribution in [0.2, 0.25) is 0 Å². The van der Waals surface area contributed by atoms with Crippen molar-refractivity contribution < 1.29 is 14.6 Å². The van der Waals surface area contributed by atoms with Crippen molar-refractivity contribution in [3.05, 3.63) is 49.1 Å². The Bertz CT molecular complexity index is 1350. The third-order valence-electron chi connectivity index (χ3n) is 6.70. The molecule has 1 atom stereocenters. The van der Waals surface area contributed by atoms with E-state index in [2.05, 4.69) is 27.2 Å². The number of ether oxygens (including phenoxy) is 2. The number of likely N-dealkylation sites (N-methyl/N-ethyl adjacent to an activating group) is 1. The molecule has 194 valence electrons. The number of aryl methyl sites for hydroxylation is 1. The standard InChI is InChI=1S/C27H33N7O3/c1-28-13-20(35)16-37-21-6-4-5-18(11-21)26-31-24(23-15-33(2)27-22(23)14-29-17-30-27)12-25(32-26)34(3)19-7-9-36-10-8-19/h4-6,11-12,14-15,17,19-20,28,35H,7-10,13,16H2,1-3H3. The molecule has 0 radical (unpaired) electrons. The van der Waals surface area contributed by atoms with Crippen molar-refractivity contribution in [2.45, 2.75) is 25.0 Å². The van der Waals surface area contributed by atoms with E-state index in [9.17, 15) is 5.11 Å². The van der Waals surface area contributed by atoms with Gasteiger partial charge in [-0.05, 0) is 32.0 Å². The number of nitrogens with zero attached hydrogens (tertiary/aromatic N) is 6. The lowest BCUT2D eigenvalue weighted by atomic mass is 10.1. The lowest BCUT2D eigenvalue weighted by molar-refractivity contribution is 0.0853. The summed E-state index contributed by atoms with van der Waals surface area (Å²) in [6.45, 7) is 2.15. The molecule has 1 aliphatic heterocycles. The molecule has 0 amide bonds. The van der Waals surface area contributed by atoms with Gasteiger partial charge in [0.1, 0.15) is 36.3 Å². The topological polar surface area (TPSA) is 110 Å². The van der Waals surface area contributed by atoms with Gasteiger partial charge in [0.15, 0.2) is 5.82 Å². The molecule has 0 spiro atoms. The fraction of sp³-hybridized carbons (Fsp3) is 0.407. The number of benzene rings is 1. The van der Waals surface area contributed by atoms with Crippen molar-refractivity contribution in [3.63, 3.8) is 0 Å². The van der Waals surface area contributed by atoms with E-state index in [1.54, 1.807) is 13.4 Å². The number of aromatic nitrogens is 5. The van der Waals surface area contributed by atoms with Gasteiger partial charge in [-0.3, -0.25) is 0 Å². The van der Waals surface area contributed by atoms with E-state index in [4.69, 9.17) is 19.4 Å². The highest BCUT2D eigenvalue weighted by molar-refractivity contribution is 5.93. The summed E-state index contributed by atoms with van der Waals surface area (Å²) in [6.07, 6.45) is 6.72. The van der Waals surface area contributed by atoms with Gasteiger partial charge in [0, 0.05) is 74.9 Å². The Labute approximate surface area is 216 Å². The van der Waals surface area contributed by atoms with E-state index in [0.717, 1.165) is 59.7 Å². The zero-order chi connectivity index (χ0) is 25.8. The summed E-state index contributed by atoms with van der Waals surface area (Å²) in [5.74, 6) is 2.09. The third-order valence-corrected chi connectivity index (χ3v) is 6.70. The molecule has 0 aliphatic carbocycles. The smallest absolute Gasteiger partial charge is 0.162 e. The second kappa shape index (κ2) is 11.2. The Balaban J connectivity index is 1.55. The van der Waals surface area contributed by atoms with Crippen LogP contribution in [0.5, 0.6) is 5.75 Å². The molecule has 10 heteroatoms. The lowest BCUT2D eigenvalue weighted by Crippen LogP contribution is -2.37. The molecule has 1 saturated heterocycles. The summed E-state index contributed by atoms with van der Waals surface area (Å²) in [6, 6.07) is 10.0. The first-order valence-corrected chi connectivity index (χ1v) is 12.5. The number of aliphatic hydroxyl groups is 1. The van der Waals surface area contributed by atoms with Crippen LogP contribution in [0.1, 0.15) is 12.8 Å². The molecule has 1 fully saturated rings. The number of nitrogens with one attached hydrogen (secondary N) is 1. The third kappa shape index (κ3) is 5.56. The van der Waals surface area contributed by atoms with E-state index < -0.39 is 6.10 Å². The second-order valence-electron chi connectivity index (χ2n) is 9.35. The zero-order valence-electron chi connectivity index (χ0n) is 21.5. The number of fused-ring (bicyclic) bond motifs is 1. The molecule has 4 aromatic rings. The van der Waals surface area contributed by atoms with Crippen molar-refractivity contribution in [1.82, 2.24) is 29.8 Å². The van der Waals surface area contributed by atoms with E-state index in [0.29, 0.717) is 24.2 Å². The van der Waals surface area contributed by atoms with Crippen LogP contribution in [0, 0.1) is 0 Å². The molecule has 1 aromatic carbocycles. The van der Waals surface area contributed by atoms with Gasteiger partial charge in [0.25, 0.3) is 0 Å². The number of rotatable bonds is 9. The molecule has 10 nitrogen and oxygen atoms in total. The predicted molar refractivity (Wildman–Crippen MR) is 143 cm³/mol. The first kappa shape index (κ1) is 25.1. The summed E-state index contributed by atoms with van der Waals surface area (Å²) in [5.41, 5.74) is 3.43. The summed E-state index contributed by atoms with van der Waals surface area (Å²) in [7, 11) is 5.85. The SMILES string of the molecule is CNCC(O)COc1cccc(-c2nc(-c3cn(C)c4ncncc34)cc(N(C)C3CCOCC3)n2)c1. The molecule has 37 heavy (non-hydrogen) atoms. The van der Waals surface area contributed by atoms with Crippen LogP contribution in [0.3, 0.4) is 0 Å². The minimum Gasteiger partial charge on any atom is -0.491 e. The fourth-order valence-corrected chi connectivity index (χ4v) is 4.68. The highest BCUT2D eigenvalue weighted by atomic mass is 16.5. The molecule has 1 aliphatic rings.